The van der Waals surface area contributed by atoms with E-state index < -0.39 is 0 Å². The second kappa shape index (κ2) is 7.24. The highest BCUT2D eigenvalue weighted by Gasteiger charge is 2.04. The lowest BCUT2D eigenvalue weighted by Crippen LogP contribution is -2.08. The van der Waals surface area contributed by atoms with Crippen LogP contribution in [0.1, 0.15) is 25.2 Å². The minimum absolute atomic E-state index is 0.729. The van der Waals surface area contributed by atoms with E-state index in [4.69, 9.17) is 0 Å². The Morgan fingerprint density at radius 1 is 1.05 bits per heavy atom. The van der Waals surface area contributed by atoms with Crippen molar-refractivity contribution >= 4 is 27.6 Å². The molecule has 0 aliphatic rings. The molecular formula is C15H19BrN4. The van der Waals surface area contributed by atoms with Crippen LogP contribution in [0.25, 0.3) is 0 Å². The topological polar surface area (TPSA) is 49.8 Å². The Labute approximate surface area is 128 Å². The maximum atomic E-state index is 4.50. The van der Waals surface area contributed by atoms with Crippen LogP contribution in [0.3, 0.4) is 0 Å². The van der Waals surface area contributed by atoms with E-state index in [1.165, 1.54) is 5.56 Å². The van der Waals surface area contributed by atoms with Gasteiger partial charge in [0.25, 0.3) is 0 Å². The molecule has 0 amide bonds. The maximum Gasteiger partial charge on any atom is 0.132 e. The molecule has 2 aromatic rings. The van der Waals surface area contributed by atoms with Crippen molar-refractivity contribution < 1.29 is 0 Å². The molecule has 2 rings (SSSR count). The Kier molecular flexibility index (Phi) is 5.35. The Morgan fingerprint density at radius 3 is 2.40 bits per heavy atom. The van der Waals surface area contributed by atoms with Crippen molar-refractivity contribution in [2.75, 3.05) is 17.2 Å². The summed E-state index contributed by atoms with van der Waals surface area (Å²) in [5.74, 6) is 2.57. The van der Waals surface area contributed by atoms with Gasteiger partial charge in [-0.2, -0.15) is 0 Å². The maximum absolute atomic E-state index is 4.50. The van der Waals surface area contributed by atoms with E-state index in [0.29, 0.717) is 0 Å². The first-order valence-electron chi connectivity index (χ1n) is 6.82. The smallest absolute Gasteiger partial charge is 0.132 e. The van der Waals surface area contributed by atoms with Gasteiger partial charge in [-0.3, -0.25) is 0 Å². The fraction of sp³-hybridized carbons (Fsp3) is 0.333. The number of nitrogens with one attached hydrogen (secondary N) is 2. The van der Waals surface area contributed by atoms with Gasteiger partial charge in [-0.1, -0.05) is 41.1 Å². The molecule has 0 saturated carbocycles. The Hall–Kier alpha value is -1.62. The van der Waals surface area contributed by atoms with Crippen LogP contribution in [-0.2, 0) is 13.0 Å². The molecule has 1 heterocycles. The summed E-state index contributed by atoms with van der Waals surface area (Å²) < 4.78 is 1.10. The zero-order valence-corrected chi connectivity index (χ0v) is 13.4. The summed E-state index contributed by atoms with van der Waals surface area (Å²) in [7, 11) is 0. The highest BCUT2D eigenvalue weighted by molar-refractivity contribution is 9.10. The second-order valence-corrected chi connectivity index (χ2v) is 5.24. The lowest BCUT2D eigenvalue weighted by molar-refractivity contribution is 0.929. The average Bonchev–Trinajstić information content (AvgIpc) is 2.46. The molecule has 0 radical (unpaired) electrons. The first-order valence-corrected chi connectivity index (χ1v) is 7.61. The van der Waals surface area contributed by atoms with Gasteiger partial charge >= 0.3 is 0 Å². The number of nitrogens with zero attached hydrogens (tertiary/aromatic N) is 2. The third-order valence-electron chi connectivity index (χ3n) is 2.86. The Balaban J connectivity index is 2.12. The van der Waals surface area contributed by atoms with Gasteiger partial charge in [-0.15, -0.1) is 0 Å². The van der Waals surface area contributed by atoms with Gasteiger partial charge in [0.05, 0.1) is 0 Å². The molecule has 106 valence electrons. The zero-order chi connectivity index (χ0) is 14.4. The number of hydrogen-bond acceptors (Lipinski definition) is 4. The number of hydrogen-bond donors (Lipinski definition) is 2. The summed E-state index contributed by atoms with van der Waals surface area (Å²) in [6.07, 6.45) is 0.822. The molecule has 0 bridgehead atoms. The minimum Gasteiger partial charge on any atom is -0.370 e. The van der Waals surface area contributed by atoms with Crippen molar-refractivity contribution in [3.63, 3.8) is 0 Å². The van der Waals surface area contributed by atoms with E-state index in [1.807, 2.05) is 24.3 Å². The van der Waals surface area contributed by atoms with Gasteiger partial charge < -0.3 is 10.6 Å². The van der Waals surface area contributed by atoms with Crippen LogP contribution in [0.4, 0.5) is 11.6 Å². The summed E-state index contributed by atoms with van der Waals surface area (Å²) in [5, 5.41) is 6.59. The van der Waals surface area contributed by atoms with Gasteiger partial charge in [0.1, 0.15) is 17.5 Å². The van der Waals surface area contributed by atoms with Crippen LogP contribution < -0.4 is 10.6 Å². The van der Waals surface area contributed by atoms with Crippen molar-refractivity contribution in [2.45, 2.75) is 26.8 Å². The van der Waals surface area contributed by atoms with Gasteiger partial charge in [0, 0.05) is 30.0 Å². The SMILES string of the molecule is CCNc1cc(NCc2ccccc2Br)nc(CC)n1. The molecule has 0 fully saturated rings. The van der Waals surface area contributed by atoms with Crippen molar-refractivity contribution in [2.24, 2.45) is 0 Å². The van der Waals surface area contributed by atoms with E-state index in [9.17, 15) is 0 Å². The third-order valence-corrected chi connectivity index (χ3v) is 3.64. The van der Waals surface area contributed by atoms with Crippen molar-refractivity contribution in [3.05, 3.63) is 46.2 Å². The molecule has 2 N–H and O–H groups in total. The predicted molar refractivity (Wildman–Crippen MR) is 87.0 cm³/mol. The normalized spacial score (nSPS) is 10.3. The van der Waals surface area contributed by atoms with E-state index in [1.54, 1.807) is 0 Å². The number of halogens is 1. The summed E-state index contributed by atoms with van der Waals surface area (Å²) in [5.41, 5.74) is 1.20. The highest BCUT2D eigenvalue weighted by Crippen LogP contribution is 2.18. The number of aryl methyl sites for hydroxylation is 1. The first kappa shape index (κ1) is 14.8. The van der Waals surface area contributed by atoms with Crippen molar-refractivity contribution in [3.8, 4) is 0 Å². The lowest BCUT2D eigenvalue weighted by Gasteiger charge is -2.11. The Morgan fingerprint density at radius 2 is 1.75 bits per heavy atom. The average molecular weight is 335 g/mol. The van der Waals surface area contributed by atoms with Crippen LogP contribution in [0.5, 0.6) is 0 Å². The summed E-state index contributed by atoms with van der Waals surface area (Å²) in [6, 6.07) is 10.1. The largest absolute Gasteiger partial charge is 0.370 e. The lowest BCUT2D eigenvalue weighted by atomic mass is 10.2. The number of aromatic nitrogens is 2. The Bertz CT molecular complexity index is 572. The molecule has 20 heavy (non-hydrogen) atoms. The summed E-state index contributed by atoms with van der Waals surface area (Å²) in [6.45, 7) is 5.70. The van der Waals surface area contributed by atoms with Gasteiger partial charge in [-0.25, -0.2) is 9.97 Å². The molecule has 5 heteroatoms. The quantitative estimate of drug-likeness (QED) is 0.842. The fourth-order valence-electron chi connectivity index (χ4n) is 1.85. The van der Waals surface area contributed by atoms with Crippen LogP contribution in [0.2, 0.25) is 0 Å². The summed E-state index contributed by atoms with van der Waals surface area (Å²) >= 11 is 3.55. The summed E-state index contributed by atoms with van der Waals surface area (Å²) in [4.78, 5) is 8.94. The molecule has 0 aliphatic heterocycles. The van der Waals surface area contributed by atoms with Gasteiger partial charge in [0.2, 0.25) is 0 Å². The molecular weight excluding hydrogens is 316 g/mol. The first-order chi connectivity index (χ1) is 9.72. The van der Waals surface area contributed by atoms with Crippen LogP contribution in [0, 0.1) is 0 Å². The van der Waals surface area contributed by atoms with E-state index >= 15 is 0 Å². The van der Waals surface area contributed by atoms with E-state index in [2.05, 4.69) is 56.4 Å². The van der Waals surface area contributed by atoms with Crippen molar-refractivity contribution in [1.29, 1.82) is 0 Å². The molecule has 1 aromatic carbocycles. The number of benzene rings is 1. The van der Waals surface area contributed by atoms with Crippen LogP contribution in [-0.4, -0.2) is 16.5 Å². The molecule has 0 spiro atoms. The van der Waals surface area contributed by atoms with Crippen LogP contribution >= 0.6 is 15.9 Å². The van der Waals surface area contributed by atoms with Crippen molar-refractivity contribution in [1.82, 2.24) is 9.97 Å². The monoisotopic (exact) mass is 334 g/mol. The standard InChI is InChI=1S/C15H19BrN4/c1-3-13-19-14(17-4-2)9-15(20-13)18-10-11-7-5-6-8-12(11)16/h5-9H,3-4,10H2,1-2H3,(H2,17,18,19,20). The third kappa shape index (κ3) is 3.93. The molecule has 0 unspecified atom stereocenters. The zero-order valence-electron chi connectivity index (χ0n) is 11.8. The second-order valence-electron chi connectivity index (χ2n) is 4.38. The number of anilines is 2. The molecule has 0 saturated heterocycles. The van der Waals surface area contributed by atoms with Crippen LogP contribution in [0.15, 0.2) is 34.8 Å². The fourth-order valence-corrected chi connectivity index (χ4v) is 2.27. The van der Waals surface area contributed by atoms with Gasteiger partial charge in [-0.05, 0) is 18.6 Å². The van der Waals surface area contributed by atoms with E-state index in [-0.39, 0.29) is 0 Å². The highest BCUT2D eigenvalue weighted by atomic mass is 79.9. The minimum atomic E-state index is 0.729. The van der Waals surface area contributed by atoms with E-state index in [0.717, 1.165) is 41.4 Å². The molecule has 1 aromatic heterocycles. The molecule has 0 aliphatic carbocycles. The predicted octanol–water partition coefficient (Wildman–Crippen LogP) is 3.85. The molecule has 0 atom stereocenters. The molecule has 4 nitrogen and oxygen atoms in total. The van der Waals surface area contributed by atoms with Gasteiger partial charge in [0.15, 0.2) is 0 Å². The number of rotatable bonds is 6.